The SMILES string of the molecule is Nc1cccc(OCCC(=O)OCCc2ccccc2)c1. The monoisotopic (exact) mass is 285 g/mol. The molecule has 110 valence electrons. The van der Waals surface area contributed by atoms with Gasteiger partial charge in [0.15, 0.2) is 0 Å². The fourth-order valence-electron chi connectivity index (χ4n) is 1.86. The summed E-state index contributed by atoms with van der Waals surface area (Å²) >= 11 is 0. The van der Waals surface area contributed by atoms with Crippen molar-refractivity contribution in [1.29, 1.82) is 0 Å². The quantitative estimate of drug-likeness (QED) is 0.627. The van der Waals surface area contributed by atoms with Gasteiger partial charge in [-0.15, -0.1) is 0 Å². The van der Waals surface area contributed by atoms with E-state index in [4.69, 9.17) is 15.2 Å². The van der Waals surface area contributed by atoms with Crippen LogP contribution in [0.5, 0.6) is 5.75 Å². The highest BCUT2D eigenvalue weighted by Gasteiger charge is 2.04. The number of esters is 1. The molecule has 4 nitrogen and oxygen atoms in total. The molecule has 2 rings (SSSR count). The lowest BCUT2D eigenvalue weighted by molar-refractivity contribution is -0.144. The fourth-order valence-corrected chi connectivity index (χ4v) is 1.86. The summed E-state index contributed by atoms with van der Waals surface area (Å²) in [4.78, 5) is 11.6. The Hall–Kier alpha value is -2.49. The van der Waals surface area contributed by atoms with E-state index in [0.717, 1.165) is 12.0 Å². The van der Waals surface area contributed by atoms with E-state index in [9.17, 15) is 4.79 Å². The third kappa shape index (κ3) is 5.57. The normalized spacial score (nSPS) is 10.1. The van der Waals surface area contributed by atoms with Gasteiger partial charge in [0.1, 0.15) is 5.75 Å². The average Bonchev–Trinajstić information content (AvgIpc) is 2.48. The van der Waals surface area contributed by atoms with E-state index in [1.54, 1.807) is 18.2 Å². The van der Waals surface area contributed by atoms with Crippen molar-refractivity contribution < 1.29 is 14.3 Å². The van der Waals surface area contributed by atoms with Gasteiger partial charge in [-0.25, -0.2) is 0 Å². The van der Waals surface area contributed by atoms with Crippen LogP contribution < -0.4 is 10.5 Å². The molecule has 21 heavy (non-hydrogen) atoms. The molecular formula is C17H19NO3. The number of nitrogens with two attached hydrogens (primary N) is 1. The number of ether oxygens (including phenoxy) is 2. The van der Waals surface area contributed by atoms with Crippen molar-refractivity contribution in [3.63, 3.8) is 0 Å². The van der Waals surface area contributed by atoms with E-state index < -0.39 is 0 Å². The van der Waals surface area contributed by atoms with Gasteiger partial charge in [-0.05, 0) is 17.7 Å². The minimum absolute atomic E-state index is 0.226. The van der Waals surface area contributed by atoms with Crippen LogP contribution in [-0.2, 0) is 16.0 Å². The van der Waals surface area contributed by atoms with Crippen LogP contribution in [0.4, 0.5) is 5.69 Å². The Labute approximate surface area is 124 Å². The summed E-state index contributed by atoms with van der Waals surface area (Å²) in [6.07, 6.45) is 0.951. The lowest BCUT2D eigenvalue weighted by Gasteiger charge is -2.07. The summed E-state index contributed by atoms with van der Waals surface area (Å²) in [6.45, 7) is 0.675. The van der Waals surface area contributed by atoms with Gasteiger partial charge < -0.3 is 15.2 Å². The van der Waals surface area contributed by atoms with Crippen LogP contribution in [0.25, 0.3) is 0 Å². The predicted molar refractivity (Wildman–Crippen MR) is 82.1 cm³/mol. The summed E-state index contributed by atoms with van der Waals surface area (Å²) < 4.78 is 10.6. The third-order valence-corrected chi connectivity index (χ3v) is 2.93. The van der Waals surface area contributed by atoms with Gasteiger partial charge in [0.05, 0.1) is 19.6 Å². The first-order chi connectivity index (χ1) is 10.2. The Bertz CT molecular complexity index is 569. The molecular weight excluding hydrogens is 266 g/mol. The second-order valence-electron chi connectivity index (χ2n) is 4.63. The lowest BCUT2D eigenvalue weighted by Crippen LogP contribution is -2.11. The first-order valence-electron chi connectivity index (χ1n) is 6.92. The van der Waals surface area contributed by atoms with Crippen molar-refractivity contribution in [3.05, 3.63) is 60.2 Å². The largest absolute Gasteiger partial charge is 0.493 e. The molecule has 2 N–H and O–H groups in total. The predicted octanol–water partition coefficient (Wildman–Crippen LogP) is 2.82. The molecule has 4 heteroatoms. The zero-order chi connectivity index (χ0) is 14.9. The van der Waals surface area contributed by atoms with Crippen LogP contribution in [0.15, 0.2) is 54.6 Å². The maximum atomic E-state index is 11.6. The molecule has 0 spiro atoms. The van der Waals surface area contributed by atoms with Crippen LogP contribution in [-0.4, -0.2) is 19.2 Å². The van der Waals surface area contributed by atoms with E-state index in [0.29, 0.717) is 18.0 Å². The Morgan fingerprint density at radius 3 is 2.57 bits per heavy atom. The third-order valence-electron chi connectivity index (χ3n) is 2.93. The van der Waals surface area contributed by atoms with Crippen LogP contribution in [0, 0.1) is 0 Å². The maximum Gasteiger partial charge on any atom is 0.309 e. The lowest BCUT2D eigenvalue weighted by atomic mass is 10.2. The van der Waals surface area contributed by atoms with Crippen molar-refractivity contribution >= 4 is 11.7 Å². The van der Waals surface area contributed by atoms with Gasteiger partial charge in [-0.2, -0.15) is 0 Å². The van der Waals surface area contributed by atoms with E-state index in [1.165, 1.54) is 0 Å². The van der Waals surface area contributed by atoms with E-state index >= 15 is 0 Å². The smallest absolute Gasteiger partial charge is 0.309 e. The Kier molecular flexibility index (Phi) is 5.64. The summed E-state index contributed by atoms with van der Waals surface area (Å²) in [5, 5.41) is 0. The van der Waals surface area contributed by atoms with Crippen LogP contribution in [0.3, 0.4) is 0 Å². The summed E-state index contributed by atoms with van der Waals surface area (Å²) in [5.74, 6) is 0.405. The Morgan fingerprint density at radius 1 is 1.00 bits per heavy atom. The molecule has 0 saturated carbocycles. The van der Waals surface area contributed by atoms with Gasteiger partial charge in [-0.1, -0.05) is 36.4 Å². The van der Waals surface area contributed by atoms with Crippen molar-refractivity contribution in [2.24, 2.45) is 0 Å². The molecule has 0 atom stereocenters. The molecule has 0 unspecified atom stereocenters. The molecule has 2 aromatic rings. The number of benzene rings is 2. The number of carbonyl (C=O) groups is 1. The topological polar surface area (TPSA) is 61.5 Å². The Balaban J connectivity index is 1.61. The highest BCUT2D eigenvalue weighted by Crippen LogP contribution is 2.14. The first kappa shape index (κ1) is 14.9. The van der Waals surface area contributed by atoms with Crippen LogP contribution in [0.2, 0.25) is 0 Å². The first-order valence-corrected chi connectivity index (χ1v) is 6.92. The summed E-state index contributed by atoms with van der Waals surface area (Å²) in [5.41, 5.74) is 7.43. The minimum atomic E-state index is -0.255. The van der Waals surface area contributed by atoms with Gasteiger partial charge in [0, 0.05) is 18.2 Å². The van der Waals surface area contributed by atoms with Crippen molar-refractivity contribution in [1.82, 2.24) is 0 Å². The number of nitrogen functional groups attached to an aromatic ring is 1. The molecule has 0 radical (unpaired) electrons. The highest BCUT2D eigenvalue weighted by molar-refractivity contribution is 5.69. The fraction of sp³-hybridized carbons (Fsp3) is 0.235. The zero-order valence-electron chi connectivity index (χ0n) is 11.8. The number of anilines is 1. The van der Waals surface area contributed by atoms with Gasteiger partial charge in [0.2, 0.25) is 0 Å². The van der Waals surface area contributed by atoms with Crippen molar-refractivity contribution in [2.45, 2.75) is 12.8 Å². The molecule has 0 fully saturated rings. The second-order valence-corrected chi connectivity index (χ2v) is 4.63. The number of rotatable bonds is 7. The molecule has 0 bridgehead atoms. The van der Waals surface area contributed by atoms with Crippen LogP contribution in [0.1, 0.15) is 12.0 Å². The van der Waals surface area contributed by atoms with Gasteiger partial charge in [-0.3, -0.25) is 4.79 Å². The van der Waals surface area contributed by atoms with E-state index in [-0.39, 0.29) is 19.0 Å². The molecule has 2 aromatic carbocycles. The molecule has 0 heterocycles. The van der Waals surface area contributed by atoms with Crippen molar-refractivity contribution in [3.8, 4) is 5.75 Å². The molecule has 0 amide bonds. The summed E-state index contributed by atoms with van der Waals surface area (Å²) in [6, 6.07) is 17.0. The average molecular weight is 285 g/mol. The zero-order valence-corrected chi connectivity index (χ0v) is 11.8. The molecule has 0 aliphatic heterocycles. The van der Waals surface area contributed by atoms with E-state index in [2.05, 4.69) is 0 Å². The standard InChI is InChI=1S/C17H19NO3/c18-15-7-4-8-16(13-15)20-12-10-17(19)21-11-9-14-5-2-1-3-6-14/h1-8,13H,9-12,18H2. The van der Waals surface area contributed by atoms with E-state index in [1.807, 2.05) is 36.4 Å². The minimum Gasteiger partial charge on any atom is -0.493 e. The number of carbonyl (C=O) groups excluding carboxylic acids is 1. The van der Waals surface area contributed by atoms with Crippen molar-refractivity contribution in [2.75, 3.05) is 18.9 Å². The molecule has 0 aliphatic rings. The molecule has 0 aromatic heterocycles. The molecule has 0 saturated heterocycles. The second kappa shape index (κ2) is 7.94. The number of hydrogen-bond donors (Lipinski definition) is 1. The number of hydrogen-bond acceptors (Lipinski definition) is 4. The molecule has 0 aliphatic carbocycles. The van der Waals surface area contributed by atoms with Gasteiger partial charge in [0.25, 0.3) is 0 Å². The maximum absolute atomic E-state index is 11.6. The van der Waals surface area contributed by atoms with Gasteiger partial charge >= 0.3 is 5.97 Å². The summed E-state index contributed by atoms with van der Waals surface area (Å²) in [7, 11) is 0. The Morgan fingerprint density at radius 2 is 1.81 bits per heavy atom. The highest BCUT2D eigenvalue weighted by atomic mass is 16.5. The van der Waals surface area contributed by atoms with Crippen LogP contribution >= 0.6 is 0 Å².